The van der Waals surface area contributed by atoms with Crippen molar-refractivity contribution in [1.82, 2.24) is 9.97 Å². The molecule has 20 heavy (non-hydrogen) atoms. The third-order valence-corrected chi connectivity index (χ3v) is 3.57. The lowest BCUT2D eigenvalue weighted by Gasteiger charge is -2.05. The van der Waals surface area contributed by atoms with Gasteiger partial charge in [0.05, 0.1) is 11.1 Å². The average molecular weight is 264 g/mol. The number of aromatic nitrogens is 2. The quantitative estimate of drug-likeness (QED) is 0.734. The van der Waals surface area contributed by atoms with Gasteiger partial charge in [-0.15, -0.1) is 0 Å². The maximum absolute atomic E-state index is 11.7. The molecule has 4 rings (SSSR count). The van der Waals surface area contributed by atoms with E-state index in [4.69, 9.17) is 4.42 Å². The summed E-state index contributed by atoms with van der Waals surface area (Å²) in [6, 6.07) is 9.78. The summed E-state index contributed by atoms with van der Waals surface area (Å²) in [6.07, 6.45) is 5.99. The smallest absolute Gasteiger partial charge is 0.348 e. The number of nitrogens with one attached hydrogen (secondary N) is 1. The Balaban J connectivity index is 2.13. The molecule has 1 aromatic carbocycles. The SMILES string of the molecule is O=c1nc2oc3c(c2c(-c2ccccc2)[nH]1)C=CCC3. The highest BCUT2D eigenvalue weighted by Gasteiger charge is 2.20. The molecule has 0 amide bonds. The van der Waals surface area contributed by atoms with Gasteiger partial charge in [0.1, 0.15) is 5.76 Å². The molecule has 0 bridgehead atoms. The summed E-state index contributed by atoms with van der Waals surface area (Å²) in [5, 5.41) is 0.891. The molecule has 1 aliphatic carbocycles. The van der Waals surface area contributed by atoms with Crippen molar-refractivity contribution in [3.63, 3.8) is 0 Å². The first-order chi connectivity index (χ1) is 9.83. The molecule has 0 atom stereocenters. The summed E-state index contributed by atoms with van der Waals surface area (Å²) in [6.45, 7) is 0. The molecule has 2 aromatic heterocycles. The number of rotatable bonds is 1. The first-order valence-electron chi connectivity index (χ1n) is 6.60. The number of hydrogen-bond donors (Lipinski definition) is 1. The Morgan fingerprint density at radius 3 is 2.90 bits per heavy atom. The van der Waals surface area contributed by atoms with Gasteiger partial charge in [0.2, 0.25) is 5.71 Å². The summed E-state index contributed by atoms with van der Waals surface area (Å²) < 4.78 is 5.75. The normalized spacial score (nSPS) is 13.6. The van der Waals surface area contributed by atoms with E-state index in [2.05, 4.69) is 22.1 Å². The molecule has 0 unspecified atom stereocenters. The lowest BCUT2D eigenvalue weighted by atomic mass is 10.00. The van der Waals surface area contributed by atoms with Crippen molar-refractivity contribution in [3.8, 4) is 11.3 Å². The van der Waals surface area contributed by atoms with Crippen LogP contribution in [0.15, 0.2) is 45.6 Å². The van der Waals surface area contributed by atoms with Crippen LogP contribution in [0.4, 0.5) is 0 Å². The van der Waals surface area contributed by atoms with Gasteiger partial charge in [-0.1, -0.05) is 42.5 Å². The molecule has 1 aliphatic rings. The van der Waals surface area contributed by atoms with E-state index in [1.807, 2.05) is 30.3 Å². The molecule has 0 aliphatic heterocycles. The first kappa shape index (κ1) is 11.2. The highest BCUT2D eigenvalue weighted by Crippen LogP contribution is 2.34. The molecule has 3 aromatic rings. The largest absolute Gasteiger partial charge is 0.442 e. The molecule has 0 radical (unpaired) electrons. The molecular formula is C16H12N2O2. The van der Waals surface area contributed by atoms with Crippen molar-refractivity contribution in [1.29, 1.82) is 0 Å². The number of nitrogens with zero attached hydrogens (tertiary/aromatic N) is 1. The molecule has 0 saturated heterocycles. The number of aromatic amines is 1. The van der Waals surface area contributed by atoms with Crippen LogP contribution in [0.2, 0.25) is 0 Å². The van der Waals surface area contributed by atoms with Gasteiger partial charge in [0.25, 0.3) is 0 Å². The van der Waals surface area contributed by atoms with E-state index in [1.165, 1.54) is 0 Å². The van der Waals surface area contributed by atoms with Crippen molar-refractivity contribution in [2.24, 2.45) is 0 Å². The molecular weight excluding hydrogens is 252 g/mol. The van der Waals surface area contributed by atoms with E-state index in [-0.39, 0.29) is 5.69 Å². The van der Waals surface area contributed by atoms with Gasteiger partial charge in [-0.3, -0.25) is 0 Å². The Labute approximate surface area is 114 Å². The second-order valence-electron chi connectivity index (χ2n) is 4.84. The van der Waals surface area contributed by atoms with Crippen LogP contribution in [0.3, 0.4) is 0 Å². The Morgan fingerprint density at radius 2 is 2.05 bits per heavy atom. The Hall–Kier alpha value is -2.62. The number of aryl methyl sites for hydroxylation is 1. The number of fused-ring (bicyclic) bond motifs is 3. The van der Waals surface area contributed by atoms with Crippen molar-refractivity contribution in [2.75, 3.05) is 0 Å². The molecule has 2 heterocycles. The number of hydrogen-bond acceptors (Lipinski definition) is 3. The molecule has 98 valence electrons. The zero-order chi connectivity index (χ0) is 13.5. The maximum atomic E-state index is 11.7. The Morgan fingerprint density at radius 1 is 1.20 bits per heavy atom. The fraction of sp³-hybridized carbons (Fsp3) is 0.125. The van der Waals surface area contributed by atoms with Crippen LogP contribution in [-0.2, 0) is 6.42 Å². The summed E-state index contributed by atoms with van der Waals surface area (Å²) >= 11 is 0. The fourth-order valence-electron chi connectivity index (χ4n) is 2.69. The maximum Gasteiger partial charge on any atom is 0.348 e. The third kappa shape index (κ3) is 1.61. The minimum atomic E-state index is -0.383. The van der Waals surface area contributed by atoms with Crippen LogP contribution in [0.5, 0.6) is 0 Å². The Kier molecular flexibility index (Phi) is 2.36. The van der Waals surface area contributed by atoms with Crippen LogP contribution >= 0.6 is 0 Å². The average Bonchev–Trinajstić information content (AvgIpc) is 2.85. The number of allylic oxidation sites excluding steroid dienone is 1. The van der Waals surface area contributed by atoms with Gasteiger partial charge < -0.3 is 9.40 Å². The van der Waals surface area contributed by atoms with Gasteiger partial charge in [-0.25, -0.2) is 4.79 Å². The minimum Gasteiger partial charge on any atom is -0.442 e. The fourth-order valence-corrected chi connectivity index (χ4v) is 2.69. The van der Waals surface area contributed by atoms with E-state index < -0.39 is 0 Å². The van der Waals surface area contributed by atoms with Crippen LogP contribution in [-0.4, -0.2) is 9.97 Å². The van der Waals surface area contributed by atoms with Crippen LogP contribution in [0, 0.1) is 0 Å². The topological polar surface area (TPSA) is 58.9 Å². The third-order valence-electron chi connectivity index (χ3n) is 3.57. The molecule has 4 heteroatoms. The monoisotopic (exact) mass is 264 g/mol. The minimum absolute atomic E-state index is 0.383. The lowest BCUT2D eigenvalue weighted by Crippen LogP contribution is -2.10. The van der Waals surface area contributed by atoms with Gasteiger partial charge >= 0.3 is 5.69 Å². The number of furan rings is 1. The van der Waals surface area contributed by atoms with Crippen molar-refractivity contribution in [3.05, 3.63) is 58.2 Å². The van der Waals surface area contributed by atoms with Crippen LogP contribution in [0.1, 0.15) is 17.7 Å². The second-order valence-corrected chi connectivity index (χ2v) is 4.84. The van der Waals surface area contributed by atoms with Crippen molar-refractivity contribution in [2.45, 2.75) is 12.8 Å². The predicted octanol–water partition coefficient (Wildman–Crippen LogP) is 3.14. The standard InChI is InChI=1S/C16H12N2O2/c19-16-17-14(10-6-2-1-3-7-10)13-11-8-4-5-9-12(11)20-15(13)18-16/h1-4,6-8H,5,9H2,(H,17,18,19). The van der Waals surface area contributed by atoms with E-state index in [1.54, 1.807) is 0 Å². The van der Waals surface area contributed by atoms with Gasteiger partial charge in [0, 0.05) is 12.0 Å². The summed E-state index contributed by atoms with van der Waals surface area (Å²) in [7, 11) is 0. The summed E-state index contributed by atoms with van der Waals surface area (Å²) in [5.74, 6) is 0.909. The molecule has 0 fully saturated rings. The lowest BCUT2D eigenvalue weighted by molar-refractivity contribution is 0.535. The number of benzene rings is 1. The van der Waals surface area contributed by atoms with E-state index in [0.717, 1.165) is 40.8 Å². The van der Waals surface area contributed by atoms with Crippen LogP contribution < -0.4 is 5.69 Å². The van der Waals surface area contributed by atoms with Gasteiger partial charge in [-0.05, 0) is 12.0 Å². The second kappa shape index (κ2) is 4.20. The molecule has 0 spiro atoms. The van der Waals surface area contributed by atoms with Crippen molar-refractivity contribution >= 4 is 17.2 Å². The first-order valence-corrected chi connectivity index (χ1v) is 6.60. The zero-order valence-electron chi connectivity index (χ0n) is 10.7. The van der Waals surface area contributed by atoms with Gasteiger partial charge in [-0.2, -0.15) is 4.98 Å². The summed E-state index contributed by atoms with van der Waals surface area (Å²) in [5.41, 5.74) is 2.81. The van der Waals surface area contributed by atoms with E-state index in [9.17, 15) is 4.79 Å². The predicted molar refractivity (Wildman–Crippen MR) is 77.4 cm³/mol. The van der Waals surface area contributed by atoms with Gasteiger partial charge in [0.15, 0.2) is 0 Å². The van der Waals surface area contributed by atoms with Crippen molar-refractivity contribution < 1.29 is 4.42 Å². The molecule has 0 saturated carbocycles. The Bertz CT molecular complexity index is 873. The highest BCUT2D eigenvalue weighted by atomic mass is 16.3. The molecule has 4 nitrogen and oxygen atoms in total. The zero-order valence-corrected chi connectivity index (χ0v) is 10.7. The van der Waals surface area contributed by atoms with E-state index >= 15 is 0 Å². The number of H-pyrrole nitrogens is 1. The van der Waals surface area contributed by atoms with E-state index in [0.29, 0.717) is 5.71 Å². The summed E-state index contributed by atoms with van der Waals surface area (Å²) in [4.78, 5) is 18.5. The molecule has 1 N–H and O–H groups in total. The highest BCUT2D eigenvalue weighted by molar-refractivity contribution is 5.97. The van der Waals surface area contributed by atoms with Crippen LogP contribution in [0.25, 0.3) is 28.4 Å².